The third-order valence-electron chi connectivity index (χ3n) is 14.9. The first-order valence-electron chi connectivity index (χ1n) is 32.6. The molecule has 0 saturated carbocycles. The number of phosphoric ester groups is 2. The van der Waals surface area contributed by atoms with E-state index in [1.54, 1.807) is 0 Å². The third-order valence-corrected chi connectivity index (χ3v) is 16.8. The van der Waals surface area contributed by atoms with Gasteiger partial charge < -0.3 is 33.8 Å². The molecule has 0 aliphatic heterocycles. The summed E-state index contributed by atoms with van der Waals surface area (Å²) in [5.41, 5.74) is 0. The topological polar surface area (TPSA) is 237 Å². The molecule has 0 fully saturated rings. The van der Waals surface area contributed by atoms with E-state index in [2.05, 4.69) is 41.5 Å². The lowest BCUT2D eigenvalue weighted by molar-refractivity contribution is -0.161. The Morgan fingerprint density at radius 3 is 0.877 bits per heavy atom. The van der Waals surface area contributed by atoms with Gasteiger partial charge in [-0.25, -0.2) is 9.13 Å². The number of aliphatic hydroxyl groups excluding tert-OH is 1. The number of hydrogen-bond donors (Lipinski definition) is 3. The Kier molecular flexibility index (Phi) is 53.4. The molecule has 19 heteroatoms. The summed E-state index contributed by atoms with van der Waals surface area (Å²) < 4.78 is 67.8. The van der Waals surface area contributed by atoms with Gasteiger partial charge in [0, 0.05) is 25.7 Å². The van der Waals surface area contributed by atoms with Crippen LogP contribution in [-0.4, -0.2) is 96.7 Å². The number of unbranched alkanes of at least 4 members (excludes halogenated alkanes) is 29. The van der Waals surface area contributed by atoms with E-state index in [0.717, 1.165) is 115 Å². The smallest absolute Gasteiger partial charge is 0.462 e. The van der Waals surface area contributed by atoms with Gasteiger partial charge in [-0.1, -0.05) is 253 Å². The number of rotatable bonds is 61. The number of carbonyl (C=O) groups excluding carboxylic acids is 4. The van der Waals surface area contributed by atoms with Crippen LogP contribution in [0, 0.1) is 11.8 Å². The largest absolute Gasteiger partial charge is 0.472 e. The fourth-order valence-corrected chi connectivity index (χ4v) is 10.7. The molecule has 0 spiro atoms. The lowest BCUT2D eigenvalue weighted by Crippen LogP contribution is -2.30. The Morgan fingerprint density at radius 1 is 0.346 bits per heavy atom. The predicted molar refractivity (Wildman–Crippen MR) is 321 cm³/mol. The molecule has 0 saturated heterocycles. The van der Waals surface area contributed by atoms with Gasteiger partial charge in [0.05, 0.1) is 26.4 Å². The summed E-state index contributed by atoms with van der Waals surface area (Å²) in [5.74, 6) is -0.690. The summed E-state index contributed by atoms with van der Waals surface area (Å²) in [7, 11) is -9.88. The maximum Gasteiger partial charge on any atom is 0.472 e. The van der Waals surface area contributed by atoms with Crippen molar-refractivity contribution in [1.29, 1.82) is 0 Å². The normalized spacial score (nSPS) is 15.0. The quantitative estimate of drug-likeness (QED) is 0.0222. The first-order chi connectivity index (χ1) is 38.9. The van der Waals surface area contributed by atoms with Crippen LogP contribution in [0.4, 0.5) is 0 Å². The van der Waals surface area contributed by atoms with E-state index in [4.69, 9.17) is 37.0 Å². The molecular weight excluding hydrogens is 1080 g/mol. The van der Waals surface area contributed by atoms with Gasteiger partial charge in [0.1, 0.15) is 19.3 Å². The minimum absolute atomic E-state index is 0.103. The fourth-order valence-electron chi connectivity index (χ4n) is 9.11. The molecule has 17 nitrogen and oxygen atoms in total. The van der Waals surface area contributed by atoms with E-state index in [0.29, 0.717) is 25.7 Å². The molecule has 0 aromatic carbocycles. The molecule has 0 bridgehead atoms. The van der Waals surface area contributed by atoms with E-state index in [1.807, 2.05) is 0 Å². The highest BCUT2D eigenvalue weighted by molar-refractivity contribution is 7.47. The van der Waals surface area contributed by atoms with Crippen LogP contribution in [0.5, 0.6) is 0 Å². The molecule has 480 valence electrons. The van der Waals surface area contributed by atoms with Crippen LogP contribution >= 0.6 is 15.6 Å². The molecule has 0 radical (unpaired) electrons. The molecule has 0 rings (SSSR count). The van der Waals surface area contributed by atoms with E-state index >= 15 is 0 Å². The van der Waals surface area contributed by atoms with Gasteiger partial charge >= 0.3 is 39.5 Å². The number of esters is 4. The van der Waals surface area contributed by atoms with Crippen molar-refractivity contribution >= 4 is 39.5 Å². The number of ether oxygens (including phenoxy) is 4. The standard InChI is InChI=1S/C62H120O17P2/c1-7-11-13-15-17-19-20-21-22-23-25-34-40-46-61(66)78-57(51-73-60(65)45-39-33-28-26-30-36-42-54(5)9-3)52-76-80(68,69)74-48-56(63)49-75-81(70,71)77-53-58(50-72-59(64)44-38-32-24-18-16-14-12-8-2)79-62(67)47-41-35-29-27-31-37-43-55(6)10-4/h54-58,63H,7-53H2,1-6H3,(H,68,69)(H,70,71)/t54?,55?,56-,57-,58-/m1/s1. The van der Waals surface area contributed by atoms with E-state index in [9.17, 15) is 43.2 Å². The van der Waals surface area contributed by atoms with E-state index in [1.165, 1.54) is 109 Å². The zero-order valence-corrected chi connectivity index (χ0v) is 53.9. The van der Waals surface area contributed by atoms with Gasteiger partial charge in [-0.2, -0.15) is 0 Å². The van der Waals surface area contributed by atoms with Crippen LogP contribution in [-0.2, 0) is 65.4 Å². The second-order valence-electron chi connectivity index (χ2n) is 22.9. The van der Waals surface area contributed by atoms with Crippen molar-refractivity contribution in [2.24, 2.45) is 11.8 Å². The third kappa shape index (κ3) is 54.5. The summed E-state index contributed by atoms with van der Waals surface area (Å²) in [6.45, 7) is 9.37. The average Bonchev–Trinajstić information content (AvgIpc) is 3.44. The first kappa shape index (κ1) is 79.1. The number of phosphoric acid groups is 2. The van der Waals surface area contributed by atoms with Crippen molar-refractivity contribution in [1.82, 2.24) is 0 Å². The van der Waals surface area contributed by atoms with Crippen molar-refractivity contribution in [3.8, 4) is 0 Å². The van der Waals surface area contributed by atoms with E-state index < -0.39 is 97.5 Å². The van der Waals surface area contributed by atoms with Gasteiger partial charge in [-0.3, -0.25) is 37.3 Å². The first-order valence-corrected chi connectivity index (χ1v) is 35.6. The second-order valence-corrected chi connectivity index (χ2v) is 25.8. The fraction of sp³-hybridized carbons (Fsp3) is 0.935. The average molecular weight is 1200 g/mol. The number of aliphatic hydroxyl groups is 1. The summed E-state index contributed by atoms with van der Waals surface area (Å²) in [6, 6.07) is 0. The van der Waals surface area contributed by atoms with Gasteiger partial charge in [0.2, 0.25) is 0 Å². The van der Waals surface area contributed by atoms with Crippen molar-refractivity contribution in [3.63, 3.8) is 0 Å². The monoisotopic (exact) mass is 1200 g/mol. The Morgan fingerprint density at radius 2 is 0.593 bits per heavy atom. The van der Waals surface area contributed by atoms with Crippen LogP contribution in [0.1, 0.15) is 305 Å². The maximum atomic E-state index is 13.0. The van der Waals surface area contributed by atoms with Crippen LogP contribution in [0.25, 0.3) is 0 Å². The number of carbonyl (C=O) groups is 4. The van der Waals surface area contributed by atoms with Gasteiger partial charge in [0.25, 0.3) is 0 Å². The molecule has 0 aromatic heterocycles. The molecule has 0 heterocycles. The molecular formula is C62H120O17P2. The predicted octanol–water partition coefficient (Wildman–Crippen LogP) is 16.9. The summed E-state index contributed by atoms with van der Waals surface area (Å²) in [4.78, 5) is 72.0. The summed E-state index contributed by atoms with van der Waals surface area (Å²) >= 11 is 0. The Labute approximate surface area is 492 Å². The Bertz CT molecular complexity index is 1600. The van der Waals surface area contributed by atoms with Crippen LogP contribution in [0.15, 0.2) is 0 Å². The van der Waals surface area contributed by atoms with Gasteiger partial charge in [0.15, 0.2) is 12.2 Å². The molecule has 7 atom stereocenters. The van der Waals surface area contributed by atoms with Crippen LogP contribution < -0.4 is 0 Å². The van der Waals surface area contributed by atoms with Gasteiger partial charge in [-0.05, 0) is 37.5 Å². The molecule has 4 unspecified atom stereocenters. The zero-order chi connectivity index (χ0) is 60.1. The van der Waals surface area contributed by atoms with Crippen molar-refractivity contribution in [2.45, 2.75) is 323 Å². The highest BCUT2D eigenvalue weighted by atomic mass is 31.2. The Balaban J connectivity index is 5.24. The summed E-state index contributed by atoms with van der Waals surface area (Å²) in [5, 5.41) is 10.5. The Hall–Kier alpha value is -1.94. The maximum absolute atomic E-state index is 13.0. The highest BCUT2D eigenvalue weighted by Crippen LogP contribution is 2.45. The van der Waals surface area contributed by atoms with Gasteiger partial charge in [-0.15, -0.1) is 0 Å². The zero-order valence-electron chi connectivity index (χ0n) is 52.1. The van der Waals surface area contributed by atoms with Crippen LogP contribution in [0.2, 0.25) is 0 Å². The molecule has 0 amide bonds. The molecule has 0 aliphatic rings. The molecule has 3 N–H and O–H groups in total. The summed E-state index contributed by atoms with van der Waals surface area (Å²) in [6.07, 6.45) is 36.2. The highest BCUT2D eigenvalue weighted by Gasteiger charge is 2.30. The van der Waals surface area contributed by atoms with E-state index in [-0.39, 0.29) is 25.7 Å². The van der Waals surface area contributed by atoms with Crippen molar-refractivity contribution in [3.05, 3.63) is 0 Å². The second kappa shape index (κ2) is 54.7. The number of hydrogen-bond acceptors (Lipinski definition) is 15. The lowest BCUT2D eigenvalue weighted by Gasteiger charge is -2.21. The minimum Gasteiger partial charge on any atom is -0.462 e. The lowest BCUT2D eigenvalue weighted by atomic mass is 10.00. The minimum atomic E-state index is -4.94. The van der Waals surface area contributed by atoms with Crippen molar-refractivity contribution in [2.75, 3.05) is 39.6 Å². The van der Waals surface area contributed by atoms with Crippen LogP contribution in [0.3, 0.4) is 0 Å². The molecule has 0 aromatic rings. The van der Waals surface area contributed by atoms with Crippen molar-refractivity contribution < 1.29 is 80.2 Å². The SMILES string of the molecule is CCCCCCCCCCCCCCCC(=O)O[C@H](COC(=O)CCCCCCCCC(C)CC)COP(=O)(O)OC[C@@H](O)COP(=O)(O)OC[C@@H](COC(=O)CCCCCCCCCC)OC(=O)CCCCCCCCC(C)CC. The molecule has 81 heavy (non-hydrogen) atoms. The molecule has 0 aliphatic carbocycles.